The van der Waals surface area contributed by atoms with Crippen molar-refractivity contribution < 1.29 is 33.4 Å². The molecule has 0 aromatic carbocycles. The van der Waals surface area contributed by atoms with Gasteiger partial charge in [-0.05, 0) is 27.7 Å². The molecule has 2 atom stereocenters. The van der Waals surface area contributed by atoms with E-state index < -0.39 is 35.2 Å². The molecule has 1 unspecified atom stereocenters. The molecule has 1 aliphatic rings. The topological polar surface area (TPSA) is 91.1 Å². The minimum atomic E-state index is -1.64. The van der Waals surface area contributed by atoms with Crippen molar-refractivity contribution in [3.8, 4) is 0 Å². The Morgan fingerprint density at radius 1 is 1.10 bits per heavy atom. The lowest BCUT2D eigenvalue weighted by molar-refractivity contribution is -0.198. The first kappa shape index (κ1) is 17.4. The molecule has 0 aliphatic carbocycles. The summed E-state index contributed by atoms with van der Waals surface area (Å²) in [6.07, 6.45) is -0.972. The maximum absolute atomic E-state index is 11.8. The van der Waals surface area contributed by atoms with Crippen molar-refractivity contribution in [1.29, 1.82) is 0 Å². The smallest absolute Gasteiger partial charge is 0.341 e. The molecule has 1 aliphatic heterocycles. The van der Waals surface area contributed by atoms with Crippen LogP contribution in [0.1, 0.15) is 27.7 Å². The van der Waals surface area contributed by atoms with Gasteiger partial charge in [-0.3, -0.25) is 4.84 Å². The highest BCUT2D eigenvalue weighted by molar-refractivity contribution is 6.08. The molecule has 0 saturated carbocycles. The van der Waals surface area contributed by atoms with Gasteiger partial charge in [-0.15, -0.1) is 0 Å². The molecule has 1 fully saturated rings. The van der Waals surface area contributed by atoms with Crippen LogP contribution in [0.5, 0.6) is 0 Å². The van der Waals surface area contributed by atoms with Crippen LogP contribution >= 0.6 is 0 Å². The van der Waals surface area contributed by atoms with Crippen molar-refractivity contribution >= 4 is 17.9 Å². The fourth-order valence-electron chi connectivity index (χ4n) is 1.67. The van der Waals surface area contributed by atoms with E-state index in [-0.39, 0.29) is 6.54 Å². The molecule has 21 heavy (non-hydrogen) atoms. The lowest BCUT2D eigenvalue weighted by atomic mass is 10.1. The van der Waals surface area contributed by atoms with E-state index in [1.54, 1.807) is 20.8 Å². The molecule has 8 nitrogen and oxygen atoms in total. The Morgan fingerprint density at radius 2 is 1.57 bits per heavy atom. The predicted molar refractivity (Wildman–Crippen MR) is 69.9 cm³/mol. The van der Waals surface area contributed by atoms with Gasteiger partial charge in [0.15, 0.2) is 6.10 Å². The van der Waals surface area contributed by atoms with Crippen molar-refractivity contribution in [3.05, 3.63) is 0 Å². The molecule has 0 N–H and O–H groups in total. The molecular formula is C13H21NO7. The van der Waals surface area contributed by atoms with Crippen LogP contribution in [-0.2, 0) is 33.4 Å². The third kappa shape index (κ3) is 3.70. The first-order chi connectivity index (χ1) is 9.58. The summed E-state index contributed by atoms with van der Waals surface area (Å²) >= 11 is 0. The lowest BCUT2D eigenvalue weighted by Gasteiger charge is -2.22. The Labute approximate surface area is 123 Å². The van der Waals surface area contributed by atoms with E-state index in [0.29, 0.717) is 0 Å². The molecule has 0 aromatic rings. The third-order valence-electron chi connectivity index (χ3n) is 2.76. The average Bonchev–Trinajstić information content (AvgIpc) is 3.10. The first-order valence-corrected chi connectivity index (χ1v) is 6.42. The van der Waals surface area contributed by atoms with Gasteiger partial charge < -0.3 is 14.2 Å². The van der Waals surface area contributed by atoms with Crippen molar-refractivity contribution in [2.45, 2.75) is 44.9 Å². The second-order valence-corrected chi connectivity index (χ2v) is 5.66. The molecule has 0 aromatic heterocycles. The molecule has 1 saturated heterocycles. The van der Waals surface area contributed by atoms with Gasteiger partial charge in [-0.2, -0.15) is 5.06 Å². The second kappa shape index (κ2) is 5.98. The van der Waals surface area contributed by atoms with E-state index in [9.17, 15) is 14.4 Å². The standard InChI is InChI=1S/C13H21NO7/c1-8(9(15)20-12(2,3)4)21-14-7-13(14,10(16)18-5)11(17)19-6/h8H,7H2,1-6H3/t8-,14?/m0/s1. The highest BCUT2D eigenvalue weighted by atomic mass is 16.7. The van der Waals surface area contributed by atoms with Crippen LogP contribution in [0.2, 0.25) is 0 Å². The number of rotatable bonds is 5. The van der Waals surface area contributed by atoms with E-state index in [2.05, 4.69) is 9.47 Å². The Kier molecular flexibility index (Phi) is 4.95. The fourth-order valence-corrected chi connectivity index (χ4v) is 1.67. The molecule has 8 heteroatoms. The van der Waals surface area contributed by atoms with E-state index >= 15 is 0 Å². The Balaban J connectivity index is 2.70. The molecule has 0 amide bonds. The highest BCUT2D eigenvalue weighted by Gasteiger charge is 2.69. The summed E-state index contributed by atoms with van der Waals surface area (Å²) in [6, 6.07) is 0. The van der Waals surface area contributed by atoms with Crippen LogP contribution in [0, 0.1) is 0 Å². The first-order valence-electron chi connectivity index (χ1n) is 6.42. The largest absolute Gasteiger partial charge is 0.467 e. The van der Waals surface area contributed by atoms with E-state index in [4.69, 9.17) is 9.57 Å². The quantitative estimate of drug-likeness (QED) is 0.304. The summed E-state index contributed by atoms with van der Waals surface area (Å²) in [7, 11) is 2.31. The monoisotopic (exact) mass is 303 g/mol. The predicted octanol–water partition coefficient (Wildman–Crippen LogP) is 0.0486. The number of ether oxygens (including phenoxy) is 3. The van der Waals surface area contributed by atoms with Crippen LogP contribution in [0.15, 0.2) is 0 Å². The lowest BCUT2D eigenvalue weighted by Crippen LogP contribution is -2.42. The Hall–Kier alpha value is -1.67. The Bertz CT molecular complexity index is 424. The second-order valence-electron chi connectivity index (χ2n) is 5.66. The number of hydrogen-bond donors (Lipinski definition) is 0. The zero-order valence-corrected chi connectivity index (χ0v) is 13.1. The highest BCUT2D eigenvalue weighted by Crippen LogP contribution is 2.36. The summed E-state index contributed by atoms with van der Waals surface area (Å²) in [6.45, 7) is 6.60. The molecule has 1 rings (SSSR count). The maximum Gasteiger partial charge on any atom is 0.341 e. The van der Waals surface area contributed by atoms with E-state index in [1.165, 1.54) is 6.92 Å². The minimum Gasteiger partial charge on any atom is -0.467 e. The number of carbonyl (C=O) groups excluding carboxylic acids is 3. The maximum atomic E-state index is 11.8. The number of nitrogens with zero attached hydrogens (tertiary/aromatic N) is 1. The number of methoxy groups -OCH3 is 2. The molecule has 120 valence electrons. The molecule has 1 heterocycles. The van der Waals surface area contributed by atoms with Crippen LogP contribution in [-0.4, -0.2) is 61.0 Å². The van der Waals surface area contributed by atoms with Gasteiger partial charge >= 0.3 is 17.9 Å². The number of hydrogen-bond acceptors (Lipinski definition) is 8. The number of carbonyl (C=O) groups is 3. The van der Waals surface area contributed by atoms with Gasteiger partial charge in [-0.1, -0.05) is 0 Å². The van der Waals surface area contributed by atoms with Crippen molar-refractivity contribution in [3.63, 3.8) is 0 Å². The normalized spacial score (nSPS) is 21.1. The third-order valence-corrected chi connectivity index (χ3v) is 2.76. The van der Waals surface area contributed by atoms with Crippen molar-refractivity contribution in [1.82, 2.24) is 5.06 Å². The van der Waals surface area contributed by atoms with E-state index in [1.807, 2.05) is 0 Å². The van der Waals surface area contributed by atoms with Gasteiger partial charge in [0.05, 0.1) is 20.8 Å². The zero-order valence-electron chi connectivity index (χ0n) is 13.1. The van der Waals surface area contributed by atoms with Crippen LogP contribution < -0.4 is 0 Å². The SMILES string of the molecule is COC(=O)C1(C(=O)OC)CN1O[C@@H](C)C(=O)OC(C)(C)C. The summed E-state index contributed by atoms with van der Waals surface area (Å²) in [5, 5.41) is 1.05. The number of hydroxylamine groups is 2. The average molecular weight is 303 g/mol. The van der Waals surface area contributed by atoms with Gasteiger partial charge in [0.2, 0.25) is 0 Å². The minimum absolute atomic E-state index is 0.0422. The fraction of sp³-hybridized carbons (Fsp3) is 0.769. The summed E-state index contributed by atoms with van der Waals surface area (Å²) in [4.78, 5) is 40.5. The summed E-state index contributed by atoms with van der Waals surface area (Å²) < 4.78 is 14.3. The van der Waals surface area contributed by atoms with E-state index in [0.717, 1.165) is 19.3 Å². The molecule has 0 spiro atoms. The van der Waals surface area contributed by atoms with Gasteiger partial charge in [0.1, 0.15) is 5.60 Å². The molecular weight excluding hydrogens is 282 g/mol. The van der Waals surface area contributed by atoms with Gasteiger partial charge in [0.25, 0.3) is 5.54 Å². The Morgan fingerprint density at radius 3 is 1.95 bits per heavy atom. The van der Waals surface area contributed by atoms with Crippen LogP contribution in [0.4, 0.5) is 0 Å². The van der Waals surface area contributed by atoms with Crippen molar-refractivity contribution in [2.75, 3.05) is 20.8 Å². The summed E-state index contributed by atoms with van der Waals surface area (Å²) in [5.41, 5.74) is -2.30. The van der Waals surface area contributed by atoms with Crippen LogP contribution in [0.25, 0.3) is 0 Å². The zero-order chi connectivity index (χ0) is 16.4. The molecule has 0 radical (unpaired) electrons. The van der Waals surface area contributed by atoms with Gasteiger partial charge in [0, 0.05) is 0 Å². The summed E-state index contributed by atoms with van der Waals surface area (Å²) in [5.74, 6) is -2.20. The number of esters is 3. The van der Waals surface area contributed by atoms with Gasteiger partial charge in [-0.25, -0.2) is 14.4 Å². The molecule has 0 bridgehead atoms. The van der Waals surface area contributed by atoms with Crippen molar-refractivity contribution in [2.24, 2.45) is 0 Å². The van der Waals surface area contributed by atoms with Crippen LogP contribution in [0.3, 0.4) is 0 Å².